The van der Waals surface area contributed by atoms with Gasteiger partial charge in [0, 0.05) is 29.2 Å². The number of nitrogens with one attached hydrogen (secondary N) is 2. The Labute approximate surface area is 225 Å². The van der Waals surface area contributed by atoms with Crippen molar-refractivity contribution in [1.82, 2.24) is 5.32 Å². The molecule has 0 radical (unpaired) electrons. The van der Waals surface area contributed by atoms with Crippen LogP contribution in [0.25, 0.3) is 0 Å². The predicted molar refractivity (Wildman–Crippen MR) is 147 cm³/mol. The number of carbonyl (C=O) groups is 3. The highest BCUT2D eigenvalue weighted by Crippen LogP contribution is 2.36. The number of fused-ring (bicyclic) bond motifs is 1. The third-order valence-electron chi connectivity index (χ3n) is 6.74. The maximum atomic E-state index is 14.2. The van der Waals surface area contributed by atoms with Gasteiger partial charge in [-0.1, -0.05) is 43.5 Å². The monoisotopic (exact) mass is 533 g/mol. The molecule has 5 rings (SSSR count). The van der Waals surface area contributed by atoms with Gasteiger partial charge in [0.2, 0.25) is 17.9 Å². The molecule has 2 aromatic carbocycles. The third kappa shape index (κ3) is 5.83. The number of ether oxygens (including phenoxy) is 2. The molecule has 8 nitrogen and oxygen atoms in total. The average Bonchev–Trinajstić information content (AvgIpc) is 3.46. The normalized spacial score (nSPS) is 17.8. The van der Waals surface area contributed by atoms with Crippen LogP contribution in [0.5, 0.6) is 11.5 Å². The summed E-state index contributed by atoms with van der Waals surface area (Å²) >= 11 is 1.42. The molecular formula is C29H31N3O5S. The van der Waals surface area contributed by atoms with E-state index in [0.717, 1.165) is 30.6 Å². The lowest BCUT2D eigenvalue weighted by atomic mass is 9.95. The molecule has 0 saturated heterocycles. The molecule has 0 spiro atoms. The van der Waals surface area contributed by atoms with E-state index >= 15 is 0 Å². The first kappa shape index (κ1) is 25.8. The largest absolute Gasteiger partial charge is 0.485 e. The molecule has 2 aliphatic rings. The average molecular weight is 534 g/mol. The van der Waals surface area contributed by atoms with E-state index in [1.807, 2.05) is 29.6 Å². The molecule has 0 bridgehead atoms. The van der Waals surface area contributed by atoms with Gasteiger partial charge in [-0.05, 0) is 54.6 Å². The first-order valence-electron chi connectivity index (χ1n) is 12.9. The van der Waals surface area contributed by atoms with Crippen LogP contribution in [-0.2, 0) is 14.4 Å². The third-order valence-corrected chi connectivity index (χ3v) is 7.66. The van der Waals surface area contributed by atoms with Crippen molar-refractivity contribution in [1.29, 1.82) is 0 Å². The maximum absolute atomic E-state index is 14.2. The van der Waals surface area contributed by atoms with Crippen molar-refractivity contribution in [3.8, 4) is 11.5 Å². The van der Waals surface area contributed by atoms with Gasteiger partial charge >= 0.3 is 0 Å². The quantitative estimate of drug-likeness (QED) is 0.442. The molecule has 0 unspecified atom stereocenters. The number of amides is 3. The highest BCUT2D eigenvalue weighted by molar-refractivity contribution is 7.10. The second-order valence-corrected chi connectivity index (χ2v) is 10.5. The van der Waals surface area contributed by atoms with E-state index in [2.05, 4.69) is 10.6 Å². The van der Waals surface area contributed by atoms with Crippen molar-refractivity contribution < 1.29 is 23.9 Å². The second-order valence-electron chi connectivity index (χ2n) is 9.57. The molecule has 2 heterocycles. The lowest BCUT2D eigenvalue weighted by Gasteiger charge is -2.36. The number of carbonyl (C=O) groups excluding carboxylic acids is 3. The van der Waals surface area contributed by atoms with E-state index in [9.17, 15) is 14.4 Å². The second kappa shape index (κ2) is 11.7. The Morgan fingerprint density at radius 2 is 1.76 bits per heavy atom. The van der Waals surface area contributed by atoms with Crippen LogP contribution in [0.15, 0.2) is 66.0 Å². The van der Waals surface area contributed by atoms with E-state index in [4.69, 9.17) is 9.47 Å². The molecule has 1 aliphatic heterocycles. The van der Waals surface area contributed by atoms with Crippen molar-refractivity contribution in [3.05, 3.63) is 70.9 Å². The lowest BCUT2D eigenvalue weighted by Crippen LogP contribution is -2.52. The van der Waals surface area contributed by atoms with E-state index in [-0.39, 0.29) is 24.5 Å². The van der Waals surface area contributed by atoms with Gasteiger partial charge in [0.1, 0.15) is 12.6 Å². The molecule has 1 saturated carbocycles. The maximum Gasteiger partial charge on any atom is 0.272 e. The zero-order chi connectivity index (χ0) is 26.5. The van der Waals surface area contributed by atoms with Gasteiger partial charge in [-0.15, -0.1) is 11.3 Å². The minimum Gasteiger partial charge on any atom is -0.485 e. The van der Waals surface area contributed by atoms with Crippen LogP contribution in [0.2, 0.25) is 0 Å². The summed E-state index contributed by atoms with van der Waals surface area (Å²) in [4.78, 5) is 42.1. The van der Waals surface area contributed by atoms with Gasteiger partial charge in [-0.2, -0.15) is 0 Å². The molecule has 2 atom stereocenters. The zero-order valence-electron chi connectivity index (χ0n) is 21.2. The Hall–Kier alpha value is -3.85. The number of hydrogen-bond acceptors (Lipinski definition) is 6. The fourth-order valence-corrected chi connectivity index (χ4v) is 5.80. The highest BCUT2D eigenvalue weighted by atomic mass is 32.1. The van der Waals surface area contributed by atoms with E-state index < -0.39 is 18.1 Å². The number of nitrogens with zero attached hydrogens (tertiary/aromatic N) is 1. The number of thiophene rings is 1. The van der Waals surface area contributed by atoms with Crippen molar-refractivity contribution in [2.75, 3.05) is 16.8 Å². The van der Waals surface area contributed by atoms with Crippen LogP contribution in [0, 0.1) is 0 Å². The van der Waals surface area contributed by atoms with Crippen molar-refractivity contribution >= 4 is 40.4 Å². The zero-order valence-corrected chi connectivity index (χ0v) is 22.0. The van der Waals surface area contributed by atoms with Gasteiger partial charge in [0.25, 0.3) is 5.91 Å². The number of rotatable bonds is 7. The topological polar surface area (TPSA) is 97.0 Å². The van der Waals surface area contributed by atoms with Crippen molar-refractivity contribution in [2.45, 2.75) is 57.2 Å². The van der Waals surface area contributed by atoms with Crippen molar-refractivity contribution in [3.63, 3.8) is 0 Å². The minimum absolute atomic E-state index is 0.0130. The molecule has 1 aliphatic carbocycles. The summed E-state index contributed by atoms with van der Waals surface area (Å²) in [5, 5.41) is 7.87. The summed E-state index contributed by atoms with van der Waals surface area (Å²) in [7, 11) is 0. The van der Waals surface area contributed by atoms with E-state index in [0.29, 0.717) is 22.9 Å². The summed E-state index contributed by atoms with van der Waals surface area (Å²) in [5.74, 6) is 0.168. The van der Waals surface area contributed by atoms with Crippen LogP contribution >= 0.6 is 11.3 Å². The first-order chi connectivity index (χ1) is 18.5. The van der Waals surface area contributed by atoms with E-state index in [1.54, 1.807) is 36.4 Å². The molecule has 1 fully saturated rings. The summed E-state index contributed by atoms with van der Waals surface area (Å²) in [6, 6.07) is 17.0. The molecule has 38 heavy (non-hydrogen) atoms. The fraction of sp³-hybridized carbons (Fsp3) is 0.345. The number of anilines is 2. The Balaban J connectivity index is 1.53. The first-order valence-corrected chi connectivity index (χ1v) is 13.8. The van der Waals surface area contributed by atoms with E-state index in [1.165, 1.54) is 29.6 Å². The standard InChI is InChI=1S/C29H31N3O5S/c1-19(33)30-21-11-7-12-22(17-21)32(29(35)25-18-36-23-13-5-6-14-24(23)37-25)27(26-15-8-16-38-26)28(34)31-20-9-3-2-4-10-20/h5-8,11-17,20,25,27H,2-4,9-10,18H2,1H3,(H,30,33)(H,31,34)/t25-,27-/m0/s1. The summed E-state index contributed by atoms with van der Waals surface area (Å²) in [6.45, 7) is 1.44. The molecule has 9 heteroatoms. The van der Waals surface area contributed by atoms with Gasteiger partial charge in [-0.3, -0.25) is 19.3 Å². The Kier molecular flexibility index (Phi) is 7.93. The summed E-state index contributed by atoms with van der Waals surface area (Å²) < 4.78 is 11.9. The SMILES string of the molecule is CC(=O)Nc1cccc(N(C(=O)[C@@H]2COc3ccccc3O2)[C@H](C(=O)NC2CCCCC2)c2cccs2)c1. The molecule has 3 aromatic rings. The van der Waals surface area contributed by atoms with Crippen molar-refractivity contribution in [2.24, 2.45) is 0 Å². The highest BCUT2D eigenvalue weighted by Gasteiger charge is 2.40. The van der Waals surface area contributed by atoms with Gasteiger partial charge in [0.15, 0.2) is 11.5 Å². The molecule has 198 valence electrons. The van der Waals surface area contributed by atoms with Crippen LogP contribution in [0.1, 0.15) is 49.9 Å². The van der Waals surface area contributed by atoms with Gasteiger partial charge in [-0.25, -0.2) is 0 Å². The van der Waals surface area contributed by atoms with Crippen LogP contribution in [0.3, 0.4) is 0 Å². The summed E-state index contributed by atoms with van der Waals surface area (Å²) in [5.41, 5.74) is 0.998. The lowest BCUT2D eigenvalue weighted by molar-refractivity contribution is -0.132. The minimum atomic E-state index is -0.959. The smallest absolute Gasteiger partial charge is 0.272 e. The van der Waals surface area contributed by atoms with Gasteiger partial charge in [0.05, 0.1) is 0 Å². The van der Waals surface area contributed by atoms with Crippen LogP contribution in [0.4, 0.5) is 11.4 Å². The number of para-hydroxylation sites is 2. The number of hydrogen-bond donors (Lipinski definition) is 2. The number of benzene rings is 2. The predicted octanol–water partition coefficient (Wildman–Crippen LogP) is 5.07. The van der Waals surface area contributed by atoms with Crippen LogP contribution in [-0.4, -0.2) is 36.5 Å². The molecule has 1 aromatic heterocycles. The Bertz CT molecular complexity index is 1290. The van der Waals surface area contributed by atoms with Gasteiger partial charge < -0.3 is 20.1 Å². The fourth-order valence-electron chi connectivity index (χ4n) is 4.98. The molecule has 2 N–H and O–H groups in total. The van der Waals surface area contributed by atoms with Crippen LogP contribution < -0.4 is 25.0 Å². The Morgan fingerprint density at radius 1 is 0.974 bits per heavy atom. The Morgan fingerprint density at radius 3 is 2.50 bits per heavy atom. The summed E-state index contributed by atoms with van der Waals surface area (Å²) in [6.07, 6.45) is 4.20. The molecular weight excluding hydrogens is 502 g/mol. The molecule has 3 amide bonds.